The molecule has 1 aromatic heterocycles. The van der Waals surface area contributed by atoms with E-state index in [0.717, 1.165) is 15.8 Å². The number of anilines is 1. The summed E-state index contributed by atoms with van der Waals surface area (Å²) in [4.78, 5) is 21.1. The van der Waals surface area contributed by atoms with Crippen molar-refractivity contribution < 1.29 is 14.7 Å². The fourth-order valence-electron chi connectivity index (χ4n) is 2.43. The highest BCUT2D eigenvalue weighted by Gasteiger charge is 2.07. The summed E-state index contributed by atoms with van der Waals surface area (Å²) >= 11 is 1.56. The van der Waals surface area contributed by atoms with Crippen LogP contribution in [0.5, 0.6) is 0 Å². The zero-order valence-electron chi connectivity index (χ0n) is 16.0. The summed E-state index contributed by atoms with van der Waals surface area (Å²) in [5, 5.41) is 32.9. The highest BCUT2D eigenvalue weighted by Crippen LogP contribution is 2.30. The molecule has 2 amide bonds. The minimum absolute atomic E-state index is 0.363. The summed E-state index contributed by atoms with van der Waals surface area (Å²) in [7, 11) is 0. The Morgan fingerprint density at radius 2 is 1.90 bits per heavy atom. The number of benzene rings is 2. The molecule has 0 spiro atoms. The van der Waals surface area contributed by atoms with Gasteiger partial charge in [0.15, 0.2) is 0 Å². The van der Waals surface area contributed by atoms with Crippen LogP contribution in [0.1, 0.15) is 28.4 Å². The van der Waals surface area contributed by atoms with Gasteiger partial charge in [-0.15, -0.1) is 11.3 Å². The highest BCUT2D eigenvalue weighted by atomic mass is 32.1. The number of nitriles is 2. The largest absolute Gasteiger partial charge is 0.392 e. The maximum Gasteiger partial charge on any atom is 0.269 e. The van der Waals surface area contributed by atoms with Gasteiger partial charge in [0.2, 0.25) is 6.41 Å². The molecule has 1 atom stereocenters. The van der Waals surface area contributed by atoms with Crippen LogP contribution in [0.3, 0.4) is 0 Å². The topological polar surface area (TPSA) is 138 Å². The number of nitrogens with zero attached hydrogens (tertiary/aromatic N) is 2. The lowest BCUT2D eigenvalue weighted by Gasteiger charge is -2.09. The first-order chi connectivity index (χ1) is 14.5. The monoisotopic (exact) mass is 421 g/mol. The van der Waals surface area contributed by atoms with Crippen molar-refractivity contribution in [1.29, 1.82) is 10.5 Å². The first kappa shape index (κ1) is 22.4. The van der Waals surface area contributed by atoms with Crippen molar-refractivity contribution in [3.05, 3.63) is 64.5 Å². The van der Waals surface area contributed by atoms with Gasteiger partial charge in [-0.05, 0) is 54.8 Å². The summed E-state index contributed by atoms with van der Waals surface area (Å²) in [5.74, 6) is -0.429. The van der Waals surface area contributed by atoms with Crippen LogP contribution in [-0.4, -0.2) is 30.1 Å². The highest BCUT2D eigenvalue weighted by molar-refractivity contribution is 7.17. The smallest absolute Gasteiger partial charge is 0.269 e. The zero-order chi connectivity index (χ0) is 21.9. The third-order valence-electron chi connectivity index (χ3n) is 3.85. The average molecular weight is 421 g/mol. The van der Waals surface area contributed by atoms with Gasteiger partial charge in [-0.25, -0.2) is 0 Å². The SMILES string of the molecule is CC(O)CNc1ccc(C#N)c2sccc12.N#Cc1ccc(C(=O)NNC=O)cc1. The second kappa shape index (κ2) is 11.2. The van der Waals surface area contributed by atoms with Crippen LogP contribution in [0.25, 0.3) is 10.1 Å². The molecular weight excluding hydrogens is 402 g/mol. The molecule has 30 heavy (non-hydrogen) atoms. The van der Waals surface area contributed by atoms with E-state index in [1.54, 1.807) is 18.3 Å². The van der Waals surface area contributed by atoms with Gasteiger partial charge in [-0.2, -0.15) is 10.5 Å². The Hall–Kier alpha value is -3.92. The quantitative estimate of drug-likeness (QED) is 0.356. The van der Waals surface area contributed by atoms with Gasteiger partial charge >= 0.3 is 0 Å². The van der Waals surface area contributed by atoms with Crippen LogP contribution in [-0.2, 0) is 4.79 Å². The van der Waals surface area contributed by atoms with E-state index in [0.29, 0.717) is 29.6 Å². The van der Waals surface area contributed by atoms with Gasteiger partial charge in [-0.1, -0.05) is 0 Å². The molecule has 0 saturated heterocycles. The molecule has 0 aliphatic rings. The zero-order valence-corrected chi connectivity index (χ0v) is 16.9. The molecule has 0 radical (unpaired) electrons. The van der Waals surface area contributed by atoms with E-state index < -0.39 is 5.91 Å². The predicted molar refractivity (Wildman–Crippen MR) is 115 cm³/mol. The Kier molecular flexibility index (Phi) is 8.33. The summed E-state index contributed by atoms with van der Waals surface area (Å²) in [6.07, 6.45) is -0.0222. The van der Waals surface area contributed by atoms with Crippen molar-refractivity contribution in [2.45, 2.75) is 13.0 Å². The molecule has 0 bridgehead atoms. The van der Waals surface area contributed by atoms with E-state index in [-0.39, 0.29) is 6.10 Å². The van der Waals surface area contributed by atoms with Gasteiger partial charge < -0.3 is 10.4 Å². The van der Waals surface area contributed by atoms with E-state index in [1.165, 1.54) is 24.3 Å². The molecule has 4 N–H and O–H groups in total. The van der Waals surface area contributed by atoms with Crippen LogP contribution in [0.4, 0.5) is 5.69 Å². The molecular formula is C21H19N5O3S. The second-order valence-electron chi connectivity index (χ2n) is 6.07. The number of carbonyl (C=O) groups is 2. The van der Waals surface area contributed by atoms with Crippen LogP contribution in [0.2, 0.25) is 0 Å². The van der Waals surface area contributed by atoms with Crippen molar-refractivity contribution in [3.63, 3.8) is 0 Å². The number of hydrazine groups is 1. The van der Waals surface area contributed by atoms with Gasteiger partial charge in [0.1, 0.15) is 6.07 Å². The summed E-state index contributed by atoms with van der Waals surface area (Å²) in [5.41, 5.74) is 6.70. The Balaban J connectivity index is 0.000000216. The molecule has 3 rings (SSSR count). The van der Waals surface area contributed by atoms with Crippen LogP contribution >= 0.6 is 11.3 Å². The molecule has 8 nitrogen and oxygen atoms in total. The lowest BCUT2D eigenvalue weighted by atomic mass is 10.1. The molecule has 0 fully saturated rings. The molecule has 152 valence electrons. The molecule has 0 aliphatic carbocycles. The van der Waals surface area contributed by atoms with Crippen molar-refractivity contribution in [2.75, 3.05) is 11.9 Å². The number of nitrogens with one attached hydrogen (secondary N) is 3. The summed E-state index contributed by atoms with van der Waals surface area (Å²) in [6, 6.07) is 15.8. The van der Waals surface area contributed by atoms with E-state index >= 15 is 0 Å². The second-order valence-corrected chi connectivity index (χ2v) is 6.99. The number of carbonyl (C=O) groups excluding carboxylic acids is 2. The number of fused-ring (bicyclic) bond motifs is 1. The predicted octanol–water partition coefficient (Wildman–Crippen LogP) is 2.51. The Labute approximate surface area is 177 Å². The number of rotatable bonds is 6. The molecule has 0 saturated carbocycles. The minimum Gasteiger partial charge on any atom is -0.392 e. The van der Waals surface area contributed by atoms with Crippen LogP contribution < -0.4 is 16.2 Å². The van der Waals surface area contributed by atoms with Crippen molar-refractivity contribution in [1.82, 2.24) is 10.9 Å². The van der Waals surface area contributed by atoms with E-state index in [4.69, 9.17) is 10.5 Å². The Morgan fingerprint density at radius 1 is 1.17 bits per heavy atom. The molecule has 9 heteroatoms. The Morgan fingerprint density at radius 3 is 2.50 bits per heavy atom. The van der Waals surface area contributed by atoms with E-state index in [2.05, 4.69) is 16.8 Å². The molecule has 0 aliphatic heterocycles. The minimum atomic E-state index is -0.429. The summed E-state index contributed by atoms with van der Waals surface area (Å²) < 4.78 is 0.998. The van der Waals surface area contributed by atoms with Crippen molar-refractivity contribution >= 4 is 39.4 Å². The summed E-state index contributed by atoms with van der Waals surface area (Å²) in [6.45, 7) is 2.25. The third kappa shape index (κ3) is 6.04. The number of hydrogen-bond acceptors (Lipinski definition) is 7. The maximum absolute atomic E-state index is 11.2. The third-order valence-corrected chi connectivity index (χ3v) is 4.79. The standard InChI is InChI=1S/C12H12N2OS.C9H7N3O2/c1-8(15)7-14-11-3-2-9(6-13)12-10(11)4-5-16-12;10-5-7-1-3-8(4-2-7)9(14)12-11-6-13/h2-5,8,14-15H,7H2,1H3;1-4,6H,(H,11,13)(H,12,14). The van der Waals surface area contributed by atoms with Crippen molar-refractivity contribution in [3.8, 4) is 12.1 Å². The molecule has 3 aromatic rings. The normalized spacial score (nSPS) is 10.5. The van der Waals surface area contributed by atoms with Crippen LogP contribution in [0, 0.1) is 22.7 Å². The average Bonchev–Trinajstić information content (AvgIpc) is 3.26. The van der Waals surface area contributed by atoms with Crippen molar-refractivity contribution in [2.24, 2.45) is 0 Å². The molecule has 1 heterocycles. The number of amides is 2. The number of aliphatic hydroxyl groups excluding tert-OH is 1. The van der Waals surface area contributed by atoms with Gasteiger partial charge in [0.25, 0.3) is 5.91 Å². The fourth-order valence-corrected chi connectivity index (χ4v) is 3.31. The van der Waals surface area contributed by atoms with Gasteiger partial charge in [-0.3, -0.25) is 20.4 Å². The van der Waals surface area contributed by atoms with Gasteiger partial charge in [0, 0.05) is 23.2 Å². The first-order valence-electron chi connectivity index (χ1n) is 8.82. The lowest BCUT2D eigenvalue weighted by molar-refractivity contribution is -0.110. The Bertz CT molecular complexity index is 1090. The van der Waals surface area contributed by atoms with E-state index in [9.17, 15) is 14.7 Å². The fraction of sp³-hybridized carbons (Fsp3) is 0.143. The van der Waals surface area contributed by atoms with E-state index in [1.807, 2.05) is 35.1 Å². The first-order valence-corrected chi connectivity index (χ1v) is 9.70. The number of thiophene rings is 1. The molecule has 2 aromatic carbocycles. The number of hydrogen-bond donors (Lipinski definition) is 4. The van der Waals surface area contributed by atoms with Gasteiger partial charge in [0.05, 0.1) is 28.0 Å². The van der Waals surface area contributed by atoms with Crippen LogP contribution in [0.15, 0.2) is 47.8 Å². The molecule has 1 unspecified atom stereocenters. The lowest BCUT2D eigenvalue weighted by Crippen LogP contribution is -2.36. The maximum atomic E-state index is 11.2. The number of aliphatic hydroxyl groups is 1.